The lowest BCUT2D eigenvalue weighted by molar-refractivity contribution is -0.130. The Morgan fingerprint density at radius 1 is 1.18 bits per heavy atom. The minimum absolute atomic E-state index is 0.115. The van der Waals surface area contributed by atoms with Crippen molar-refractivity contribution < 1.29 is 4.79 Å². The molecule has 0 N–H and O–H groups in total. The molecule has 1 aromatic heterocycles. The first-order valence-electron chi connectivity index (χ1n) is 8.50. The maximum Gasteiger partial charge on any atom is 0.219 e. The number of hydrogen-bond donors (Lipinski definition) is 0. The van der Waals surface area contributed by atoms with E-state index in [2.05, 4.69) is 24.0 Å². The Kier molecular flexibility index (Phi) is 4.48. The van der Waals surface area contributed by atoms with E-state index in [-0.39, 0.29) is 11.3 Å². The number of piperidine rings is 1. The maximum atomic E-state index is 11.6. The van der Waals surface area contributed by atoms with Gasteiger partial charge >= 0.3 is 0 Å². The van der Waals surface area contributed by atoms with Crippen LogP contribution in [0.15, 0.2) is 18.3 Å². The van der Waals surface area contributed by atoms with Crippen LogP contribution in [0.25, 0.3) is 0 Å². The third-order valence-corrected chi connectivity index (χ3v) is 5.35. The van der Waals surface area contributed by atoms with E-state index in [1.54, 1.807) is 6.92 Å². The molecule has 2 aliphatic heterocycles. The molecule has 2 aliphatic rings. The van der Waals surface area contributed by atoms with Crippen molar-refractivity contribution in [1.82, 2.24) is 14.8 Å². The van der Waals surface area contributed by atoms with Crippen LogP contribution in [0.1, 0.15) is 43.9 Å². The van der Waals surface area contributed by atoms with E-state index in [1.807, 2.05) is 11.1 Å². The zero-order chi connectivity index (χ0) is 15.6. The summed E-state index contributed by atoms with van der Waals surface area (Å²) in [4.78, 5) is 21.0. The third kappa shape index (κ3) is 3.17. The fraction of sp³-hybridized carbons (Fsp3) is 0.667. The van der Waals surface area contributed by atoms with Crippen molar-refractivity contribution in [2.45, 2.75) is 44.9 Å². The van der Waals surface area contributed by atoms with Crippen LogP contribution in [-0.2, 0) is 10.2 Å². The Labute approximate surface area is 133 Å². The summed E-state index contributed by atoms with van der Waals surface area (Å²) in [5.74, 6) is 0.201. The van der Waals surface area contributed by atoms with Crippen LogP contribution in [0.4, 0.5) is 0 Å². The predicted molar refractivity (Wildman–Crippen MR) is 87.8 cm³/mol. The van der Waals surface area contributed by atoms with E-state index in [4.69, 9.17) is 4.98 Å². The molecule has 0 aliphatic carbocycles. The molecule has 0 saturated carbocycles. The van der Waals surface area contributed by atoms with Crippen molar-refractivity contribution in [2.24, 2.45) is 0 Å². The van der Waals surface area contributed by atoms with Crippen LogP contribution >= 0.6 is 0 Å². The van der Waals surface area contributed by atoms with E-state index in [9.17, 15) is 4.79 Å². The van der Waals surface area contributed by atoms with Crippen molar-refractivity contribution in [2.75, 3.05) is 32.7 Å². The molecule has 0 aromatic carbocycles. The lowest BCUT2D eigenvalue weighted by Crippen LogP contribution is -2.50. The van der Waals surface area contributed by atoms with Crippen molar-refractivity contribution in [3.8, 4) is 0 Å². The second-order valence-corrected chi connectivity index (χ2v) is 6.99. The summed E-state index contributed by atoms with van der Waals surface area (Å²) in [6, 6.07) is 4.38. The Hall–Kier alpha value is -1.42. The number of pyridine rings is 1. The van der Waals surface area contributed by atoms with Gasteiger partial charge in [-0.05, 0) is 57.3 Å². The standard InChI is InChI=1S/C18H27N3O/c1-15-5-6-17(19-13-15)18(14-20-9-3-4-10-20)7-11-21(12-8-18)16(2)22/h5-6,13H,3-4,7-12,14H2,1-2H3. The molecule has 2 fully saturated rings. The quantitative estimate of drug-likeness (QED) is 0.860. The summed E-state index contributed by atoms with van der Waals surface area (Å²) in [7, 11) is 0. The van der Waals surface area contributed by atoms with Gasteiger partial charge in [0.25, 0.3) is 0 Å². The van der Waals surface area contributed by atoms with Crippen LogP contribution in [0, 0.1) is 6.92 Å². The van der Waals surface area contributed by atoms with Crippen molar-refractivity contribution >= 4 is 5.91 Å². The van der Waals surface area contributed by atoms with Gasteiger partial charge in [-0.15, -0.1) is 0 Å². The van der Waals surface area contributed by atoms with Gasteiger partial charge in [-0.3, -0.25) is 9.78 Å². The number of carbonyl (C=O) groups is 1. The number of rotatable bonds is 3. The van der Waals surface area contributed by atoms with Gasteiger partial charge in [-0.25, -0.2) is 0 Å². The molecule has 1 aromatic rings. The summed E-state index contributed by atoms with van der Waals surface area (Å²) in [6.07, 6.45) is 6.67. The smallest absolute Gasteiger partial charge is 0.219 e. The molecule has 2 saturated heterocycles. The predicted octanol–water partition coefficient (Wildman–Crippen LogP) is 2.37. The molecule has 0 atom stereocenters. The molecular formula is C18H27N3O. The molecule has 4 nitrogen and oxygen atoms in total. The second-order valence-electron chi connectivity index (χ2n) is 6.99. The van der Waals surface area contributed by atoms with E-state index in [1.165, 1.54) is 37.2 Å². The lowest BCUT2D eigenvalue weighted by Gasteiger charge is -2.43. The van der Waals surface area contributed by atoms with Crippen LogP contribution < -0.4 is 0 Å². The Morgan fingerprint density at radius 3 is 2.41 bits per heavy atom. The molecule has 1 amide bonds. The van der Waals surface area contributed by atoms with Gasteiger partial charge in [0.2, 0.25) is 5.91 Å². The molecule has 0 radical (unpaired) electrons. The fourth-order valence-corrected chi connectivity index (χ4v) is 3.90. The molecule has 120 valence electrons. The highest BCUT2D eigenvalue weighted by atomic mass is 16.2. The Bertz CT molecular complexity index is 512. The topological polar surface area (TPSA) is 36.4 Å². The lowest BCUT2D eigenvalue weighted by atomic mass is 9.74. The van der Waals surface area contributed by atoms with Gasteiger partial charge in [0.05, 0.1) is 0 Å². The molecule has 3 heterocycles. The highest BCUT2D eigenvalue weighted by Gasteiger charge is 2.39. The minimum Gasteiger partial charge on any atom is -0.343 e. The highest BCUT2D eigenvalue weighted by Crippen LogP contribution is 2.36. The summed E-state index contributed by atoms with van der Waals surface area (Å²) >= 11 is 0. The SMILES string of the molecule is CC(=O)N1CCC(CN2CCCC2)(c2ccc(C)cn2)CC1. The number of amides is 1. The van der Waals surface area contributed by atoms with Gasteiger partial charge in [-0.2, -0.15) is 0 Å². The summed E-state index contributed by atoms with van der Waals surface area (Å²) in [5, 5.41) is 0. The summed E-state index contributed by atoms with van der Waals surface area (Å²) in [5.41, 5.74) is 2.54. The normalized spacial score (nSPS) is 22.0. The summed E-state index contributed by atoms with van der Waals surface area (Å²) in [6.45, 7) is 9.00. The first-order chi connectivity index (χ1) is 10.6. The number of likely N-dealkylation sites (tertiary alicyclic amines) is 2. The van der Waals surface area contributed by atoms with Gasteiger partial charge in [0.15, 0.2) is 0 Å². The average Bonchev–Trinajstić information content (AvgIpc) is 3.01. The fourth-order valence-electron chi connectivity index (χ4n) is 3.90. The average molecular weight is 301 g/mol. The van der Waals surface area contributed by atoms with Crippen LogP contribution in [-0.4, -0.2) is 53.4 Å². The first-order valence-corrected chi connectivity index (χ1v) is 8.50. The van der Waals surface area contributed by atoms with E-state index in [0.717, 1.165) is 32.5 Å². The molecule has 0 bridgehead atoms. The minimum atomic E-state index is 0.115. The molecule has 0 unspecified atom stereocenters. The van der Waals surface area contributed by atoms with E-state index >= 15 is 0 Å². The third-order valence-electron chi connectivity index (χ3n) is 5.35. The number of nitrogens with zero attached hydrogens (tertiary/aromatic N) is 3. The zero-order valence-corrected chi connectivity index (χ0v) is 13.8. The first kappa shape index (κ1) is 15.5. The van der Waals surface area contributed by atoms with Gasteiger partial charge in [-0.1, -0.05) is 6.07 Å². The van der Waals surface area contributed by atoms with Gasteiger partial charge in [0.1, 0.15) is 0 Å². The number of aromatic nitrogens is 1. The monoisotopic (exact) mass is 301 g/mol. The zero-order valence-electron chi connectivity index (χ0n) is 13.8. The maximum absolute atomic E-state index is 11.6. The molecule has 0 spiro atoms. The highest BCUT2D eigenvalue weighted by molar-refractivity contribution is 5.73. The molecule has 4 heteroatoms. The molecule has 22 heavy (non-hydrogen) atoms. The van der Waals surface area contributed by atoms with Crippen LogP contribution in [0.2, 0.25) is 0 Å². The van der Waals surface area contributed by atoms with Crippen molar-refractivity contribution in [3.63, 3.8) is 0 Å². The Morgan fingerprint density at radius 2 is 1.86 bits per heavy atom. The van der Waals surface area contributed by atoms with E-state index in [0.29, 0.717) is 0 Å². The number of aryl methyl sites for hydroxylation is 1. The van der Waals surface area contributed by atoms with Crippen LogP contribution in [0.3, 0.4) is 0 Å². The number of carbonyl (C=O) groups excluding carboxylic acids is 1. The van der Waals surface area contributed by atoms with Crippen molar-refractivity contribution in [1.29, 1.82) is 0 Å². The van der Waals surface area contributed by atoms with Gasteiger partial charge < -0.3 is 9.80 Å². The second kappa shape index (κ2) is 6.37. The van der Waals surface area contributed by atoms with Crippen molar-refractivity contribution in [3.05, 3.63) is 29.6 Å². The summed E-state index contributed by atoms with van der Waals surface area (Å²) < 4.78 is 0. The Balaban J connectivity index is 1.82. The molecule has 3 rings (SSSR count). The van der Waals surface area contributed by atoms with Gasteiger partial charge in [0, 0.05) is 43.9 Å². The molecular weight excluding hydrogens is 274 g/mol. The van der Waals surface area contributed by atoms with E-state index < -0.39 is 0 Å². The number of hydrogen-bond acceptors (Lipinski definition) is 3. The van der Waals surface area contributed by atoms with Crippen LogP contribution in [0.5, 0.6) is 0 Å². The largest absolute Gasteiger partial charge is 0.343 e.